The minimum Gasteiger partial charge on any atom is -0.311 e. The largest absolute Gasteiger partial charge is 0.311 e. The van der Waals surface area contributed by atoms with Gasteiger partial charge < -0.3 is 5.32 Å². The summed E-state index contributed by atoms with van der Waals surface area (Å²) in [5.41, 5.74) is 1.63. The SMILES string of the molecule is CCC(C)(CCCl)NCCc1ccsc1. The van der Waals surface area contributed by atoms with Crippen molar-refractivity contribution in [2.45, 2.75) is 38.6 Å². The molecule has 0 amide bonds. The van der Waals surface area contributed by atoms with Crippen LogP contribution in [-0.4, -0.2) is 18.0 Å². The smallest absolute Gasteiger partial charge is 0.0240 e. The van der Waals surface area contributed by atoms with Gasteiger partial charge in [0, 0.05) is 11.4 Å². The summed E-state index contributed by atoms with van der Waals surface area (Å²) >= 11 is 7.57. The van der Waals surface area contributed by atoms with Gasteiger partial charge in [0.2, 0.25) is 0 Å². The molecule has 0 aliphatic heterocycles. The van der Waals surface area contributed by atoms with Crippen molar-refractivity contribution in [1.29, 1.82) is 0 Å². The Morgan fingerprint density at radius 2 is 2.33 bits per heavy atom. The Labute approximate surface area is 102 Å². The summed E-state index contributed by atoms with van der Waals surface area (Å²) in [6, 6.07) is 2.19. The highest BCUT2D eigenvalue weighted by Gasteiger charge is 2.19. The molecule has 1 rings (SSSR count). The molecule has 0 aromatic carbocycles. The normalized spacial score (nSPS) is 15.1. The Kier molecular flexibility index (Phi) is 5.65. The first-order chi connectivity index (χ1) is 7.20. The molecule has 1 heterocycles. The van der Waals surface area contributed by atoms with Crippen LogP contribution in [0.4, 0.5) is 0 Å². The maximum Gasteiger partial charge on any atom is 0.0240 e. The average molecular weight is 246 g/mol. The summed E-state index contributed by atoms with van der Waals surface area (Å²) in [5, 5.41) is 7.95. The van der Waals surface area contributed by atoms with Crippen LogP contribution in [-0.2, 0) is 6.42 Å². The van der Waals surface area contributed by atoms with Crippen LogP contribution in [0.3, 0.4) is 0 Å². The molecule has 0 aliphatic carbocycles. The van der Waals surface area contributed by atoms with E-state index >= 15 is 0 Å². The average Bonchev–Trinajstić information content (AvgIpc) is 2.71. The maximum atomic E-state index is 5.80. The molecular weight excluding hydrogens is 226 g/mol. The third-order valence-corrected chi connectivity index (χ3v) is 3.89. The molecule has 1 atom stereocenters. The highest BCUT2D eigenvalue weighted by Crippen LogP contribution is 2.15. The van der Waals surface area contributed by atoms with Crippen LogP contribution < -0.4 is 5.32 Å². The molecule has 3 heteroatoms. The van der Waals surface area contributed by atoms with Gasteiger partial charge in [0.1, 0.15) is 0 Å². The summed E-state index contributed by atoms with van der Waals surface area (Å²) < 4.78 is 0. The lowest BCUT2D eigenvalue weighted by atomic mass is 9.95. The zero-order valence-corrected chi connectivity index (χ0v) is 11.1. The highest BCUT2D eigenvalue weighted by molar-refractivity contribution is 7.07. The van der Waals surface area contributed by atoms with Crippen molar-refractivity contribution in [3.8, 4) is 0 Å². The highest BCUT2D eigenvalue weighted by atomic mass is 35.5. The number of thiophene rings is 1. The van der Waals surface area contributed by atoms with Gasteiger partial charge in [0.05, 0.1) is 0 Å². The number of rotatable bonds is 7. The topological polar surface area (TPSA) is 12.0 Å². The van der Waals surface area contributed by atoms with Crippen LogP contribution in [0.25, 0.3) is 0 Å². The summed E-state index contributed by atoms with van der Waals surface area (Å²) in [5.74, 6) is 0.732. The first kappa shape index (κ1) is 13.0. The van der Waals surface area contributed by atoms with Gasteiger partial charge in [-0.3, -0.25) is 0 Å². The van der Waals surface area contributed by atoms with E-state index in [-0.39, 0.29) is 5.54 Å². The Bertz CT molecular complexity index is 261. The third-order valence-electron chi connectivity index (χ3n) is 2.97. The van der Waals surface area contributed by atoms with Gasteiger partial charge in [-0.15, -0.1) is 11.6 Å². The fourth-order valence-electron chi connectivity index (χ4n) is 1.54. The lowest BCUT2D eigenvalue weighted by molar-refractivity contribution is 0.336. The summed E-state index contributed by atoms with van der Waals surface area (Å²) in [7, 11) is 0. The minimum absolute atomic E-state index is 0.206. The number of alkyl halides is 1. The Morgan fingerprint density at radius 1 is 1.53 bits per heavy atom. The molecule has 0 spiro atoms. The Morgan fingerprint density at radius 3 is 2.87 bits per heavy atom. The lowest BCUT2D eigenvalue weighted by Gasteiger charge is -2.29. The van der Waals surface area contributed by atoms with Crippen molar-refractivity contribution in [3.05, 3.63) is 22.4 Å². The second kappa shape index (κ2) is 6.51. The predicted octanol–water partition coefficient (Wildman–Crippen LogP) is 3.68. The van der Waals surface area contributed by atoms with Crippen molar-refractivity contribution in [2.75, 3.05) is 12.4 Å². The number of halogens is 1. The van der Waals surface area contributed by atoms with Crippen molar-refractivity contribution < 1.29 is 0 Å². The molecule has 1 unspecified atom stereocenters. The van der Waals surface area contributed by atoms with E-state index in [9.17, 15) is 0 Å². The molecule has 1 nitrogen and oxygen atoms in total. The zero-order valence-electron chi connectivity index (χ0n) is 9.55. The summed E-state index contributed by atoms with van der Waals surface area (Å²) in [6.07, 6.45) is 3.28. The monoisotopic (exact) mass is 245 g/mol. The molecular formula is C12H20ClNS. The molecule has 0 bridgehead atoms. The zero-order chi connectivity index (χ0) is 11.1. The van der Waals surface area contributed by atoms with Crippen molar-refractivity contribution in [3.63, 3.8) is 0 Å². The van der Waals surface area contributed by atoms with E-state index in [1.807, 2.05) is 0 Å². The first-order valence-electron chi connectivity index (χ1n) is 5.52. The molecule has 0 saturated carbocycles. The number of hydrogen-bond acceptors (Lipinski definition) is 2. The van der Waals surface area contributed by atoms with Gasteiger partial charge in [0.25, 0.3) is 0 Å². The van der Waals surface area contributed by atoms with E-state index < -0.39 is 0 Å². The van der Waals surface area contributed by atoms with Crippen LogP contribution in [0.2, 0.25) is 0 Å². The van der Waals surface area contributed by atoms with E-state index in [0.29, 0.717) is 0 Å². The molecule has 0 aliphatic rings. The van der Waals surface area contributed by atoms with Crippen LogP contribution in [0.5, 0.6) is 0 Å². The summed E-state index contributed by atoms with van der Waals surface area (Å²) in [6.45, 7) is 5.51. The molecule has 0 fully saturated rings. The van der Waals surface area contributed by atoms with E-state index in [1.54, 1.807) is 11.3 Å². The minimum atomic E-state index is 0.206. The fourth-order valence-corrected chi connectivity index (χ4v) is 2.66. The molecule has 1 aromatic heterocycles. The molecule has 86 valence electrons. The van der Waals surface area contributed by atoms with E-state index in [2.05, 4.69) is 36.0 Å². The van der Waals surface area contributed by atoms with Gasteiger partial charge in [-0.1, -0.05) is 6.92 Å². The van der Waals surface area contributed by atoms with E-state index in [1.165, 1.54) is 5.56 Å². The van der Waals surface area contributed by atoms with Gasteiger partial charge in [0.15, 0.2) is 0 Å². The lowest BCUT2D eigenvalue weighted by Crippen LogP contribution is -2.43. The Balaban J connectivity index is 2.28. The number of nitrogens with one attached hydrogen (secondary N) is 1. The van der Waals surface area contributed by atoms with Gasteiger partial charge in [-0.25, -0.2) is 0 Å². The van der Waals surface area contributed by atoms with E-state index in [4.69, 9.17) is 11.6 Å². The van der Waals surface area contributed by atoms with Crippen molar-refractivity contribution >= 4 is 22.9 Å². The van der Waals surface area contributed by atoms with Gasteiger partial charge >= 0.3 is 0 Å². The van der Waals surface area contributed by atoms with Gasteiger partial charge in [-0.2, -0.15) is 11.3 Å². The molecule has 0 saturated heterocycles. The van der Waals surface area contributed by atoms with Gasteiger partial charge in [-0.05, 0) is 55.1 Å². The third kappa shape index (κ3) is 4.54. The summed E-state index contributed by atoms with van der Waals surface area (Å²) in [4.78, 5) is 0. The van der Waals surface area contributed by atoms with Crippen LogP contribution in [0.1, 0.15) is 32.3 Å². The fraction of sp³-hybridized carbons (Fsp3) is 0.667. The van der Waals surface area contributed by atoms with Crippen molar-refractivity contribution in [2.24, 2.45) is 0 Å². The standard InChI is InChI=1S/C12H20ClNS/c1-3-12(2,6-7-13)14-8-4-11-5-9-15-10-11/h5,9-10,14H,3-4,6-8H2,1-2H3. The van der Waals surface area contributed by atoms with Crippen LogP contribution in [0, 0.1) is 0 Å². The predicted molar refractivity (Wildman–Crippen MR) is 70.1 cm³/mol. The second-order valence-electron chi connectivity index (χ2n) is 4.16. The Hall–Kier alpha value is -0.0500. The van der Waals surface area contributed by atoms with Crippen LogP contribution in [0.15, 0.2) is 16.8 Å². The molecule has 0 radical (unpaired) electrons. The second-order valence-corrected chi connectivity index (χ2v) is 5.32. The maximum absolute atomic E-state index is 5.80. The molecule has 15 heavy (non-hydrogen) atoms. The molecule has 1 aromatic rings. The number of hydrogen-bond donors (Lipinski definition) is 1. The molecule has 1 N–H and O–H groups in total. The van der Waals surface area contributed by atoms with E-state index in [0.717, 1.165) is 31.7 Å². The van der Waals surface area contributed by atoms with Crippen LogP contribution >= 0.6 is 22.9 Å². The quantitative estimate of drug-likeness (QED) is 0.723. The van der Waals surface area contributed by atoms with Crippen molar-refractivity contribution in [1.82, 2.24) is 5.32 Å². The first-order valence-corrected chi connectivity index (χ1v) is 7.00.